The Labute approximate surface area is 138 Å². The number of amides is 2. The molecule has 1 heterocycles. The average Bonchev–Trinajstić information content (AvgIpc) is 2.60. The van der Waals surface area contributed by atoms with E-state index in [1.165, 1.54) is 5.56 Å². The number of benzene rings is 1. The SMILES string of the molecule is CCOC(=O)C1CCN(C(=O)NCCCc2ccccc2)CC1. The van der Waals surface area contributed by atoms with Gasteiger partial charge in [0.25, 0.3) is 0 Å². The number of urea groups is 1. The molecule has 1 aromatic carbocycles. The second-order valence-corrected chi connectivity index (χ2v) is 5.83. The van der Waals surface area contributed by atoms with Gasteiger partial charge in [0, 0.05) is 19.6 Å². The molecule has 0 unspecified atom stereocenters. The summed E-state index contributed by atoms with van der Waals surface area (Å²) in [5.41, 5.74) is 1.29. The van der Waals surface area contributed by atoms with Gasteiger partial charge in [0.2, 0.25) is 0 Å². The zero-order valence-electron chi connectivity index (χ0n) is 13.8. The Balaban J connectivity index is 1.62. The average molecular weight is 318 g/mol. The van der Waals surface area contributed by atoms with Crippen molar-refractivity contribution in [3.63, 3.8) is 0 Å². The van der Waals surface area contributed by atoms with Crippen LogP contribution in [0.4, 0.5) is 4.79 Å². The number of rotatable bonds is 6. The molecule has 0 bridgehead atoms. The third-order valence-electron chi connectivity index (χ3n) is 4.16. The van der Waals surface area contributed by atoms with E-state index in [9.17, 15) is 9.59 Å². The molecule has 5 heteroatoms. The predicted octanol–water partition coefficient (Wildman–Crippen LogP) is 2.60. The number of nitrogens with one attached hydrogen (secondary N) is 1. The van der Waals surface area contributed by atoms with Gasteiger partial charge in [-0.25, -0.2) is 4.79 Å². The molecular formula is C18H26N2O3. The van der Waals surface area contributed by atoms with Crippen molar-refractivity contribution in [3.8, 4) is 0 Å². The Morgan fingerprint density at radius 2 is 1.91 bits per heavy atom. The predicted molar refractivity (Wildman–Crippen MR) is 89.1 cm³/mol. The van der Waals surface area contributed by atoms with E-state index in [0.29, 0.717) is 39.1 Å². The Morgan fingerprint density at radius 3 is 2.57 bits per heavy atom. The lowest BCUT2D eigenvalue weighted by Crippen LogP contribution is -2.45. The Morgan fingerprint density at radius 1 is 1.22 bits per heavy atom. The number of aryl methyl sites for hydroxylation is 1. The third kappa shape index (κ3) is 5.58. The van der Waals surface area contributed by atoms with Crippen molar-refractivity contribution in [1.82, 2.24) is 10.2 Å². The standard InChI is InChI=1S/C18H26N2O3/c1-2-23-17(21)16-10-13-20(14-11-16)18(22)19-12-6-9-15-7-4-3-5-8-15/h3-5,7-8,16H,2,6,9-14H2,1H3,(H,19,22). The molecule has 1 aliphatic heterocycles. The van der Waals surface area contributed by atoms with Gasteiger partial charge in [-0.05, 0) is 38.2 Å². The summed E-state index contributed by atoms with van der Waals surface area (Å²) < 4.78 is 5.04. The van der Waals surface area contributed by atoms with E-state index in [4.69, 9.17) is 4.74 Å². The monoisotopic (exact) mass is 318 g/mol. The van der Waals surface area contributed by atoms with Gasteiger partial charge in [-0.15, -0.1) is 0 Å². The molecule has 0 spiro atoms. The number of hydrogen-bond donors (Lipinski definition) is 1. The van der Waals surface area contributed by atoms with Gasteiger partial charge < -0.3 is 15.0 Å². The maximum Gasteiger partial charge on any atom is 0.317 e. The number of esters is 1. The van der Waals surface area contributed by atoms with Gasteiger partial charge in [-0.3, -0.25) is 4.79 Å². The van der Waals surface area contributed by atoms with Crippen LogP contribution in [0.15, 0.2) is 30.3 Å². The summed E-state index contributed by atoms with van der Waals surface area (Å²) in [5.74, 6) is -0.188. The molecule has 1 N–H and O–H groups in total. The van der Waals surface area contributed by atoms with Crippen molar-refractivity contribution in [1.29, 1.82) is 0 Å². The van der Waals surface area contributed by atoms with Crippen LogP contribution in [0, 0.1) is 5.92 Å². The molecule has 2 rings (SSSR count). The topological polar surface area (TPSA) is 58.6 Å². The maximum absolute atomic E-state index is 12.1. The van der Waals surface area contributed by atoms with Gasteiger partial charge >= 0.3 is 12.0 Å². The molecule has 0 aromatic heterocycles. The molecule has 1 fully saturated rings. The normalized spacial score (nSPS) is 15.3. The number of likely N-dealkylation sites (tertiary alicyclic amines) is 1. The van der Waals surface area contributed by atoms with E-state index in [1.54, 1.807) is 4.90 Å². The highest BCUT2D eigenvalue weighted by atomic mass is 16.5. The molecule has 126 valence electrons. The Kier molecular flexibility index (Phi) is 6.91. The minimum atomic E-state index is -0.129. The molecular weight excluding hydrogens is 292 g/mol. The molecule has 5 nitrogen and oxygen atoms in total. The number of carbonyl (C=O) groups is 2. The number of nitrogens with zero attached hydrogens (tertiary/aromatic N) is 1. The zero-order valence-corrected chi connectivity index (χ0v) is 13.8. The van der Waals surface area contributed by atoms with Crippen LogP contribution in [-0.4, -0.2) is 43.1 Å². The summed E-state index contributed by atoms with van der Waals surface area (Å²) in [5, 5.41) is 2.96. The van der Waals surface area contributed by atoms with Crippen molar-refractivity contribution in [2.45, 2.75) is 32.6 Å². The summed E-state index contributed by atoms with van der Waals surface area (Å²) in [6.07, 6.45) is 3.27. The minimum Gasteiger partial charge on any atom is -0.466 e. The number of hydrogen-bond acceptors (Lipinski definition) is 3. The minimum absolute atomic E-state index is 0.0274. The summed E-state index contributed by atoms with van der Waals surface area (Å²) in [4.78, 5) is 25.6. The lowest BCUT2D eigenvalue weighted by Gasteiger charge is -2.30. The van der Waals surface area contributed by atoms with Crippen LogP contribution in [0.25, 0.3) is 0 Å². The van der Waals surface area contributed by atoms with Gasteiger partial charge in [0.15, 0.2) is 0 Å². The van der Waals surface area contributed by atoms with Crippen molar-refractivity contribution >= 4 is 12.0 Å². The second-order valence-electron chi connectivity index (χ2n) is 5.83. The highest BCUT2D eigenvalue weighted by molar-refractivity contribution is 5.76. The lowest BCUT2D eigenvalue weighted by atomic mass is 9.97. The molecule has 1 aromatic rings. The molecule has 0 radical (unpaired) electrons. The van der Waals surface area contributed by atoms with E-state index >= 15 is 0 Å². The summed E-state index contributed by atoms with van der Waals surface area (Å²) in [6.45, 7) is 4.14. The van der Waals surface area contributed by atoms with Crippen LogP contribution in [0.1, 0.15) is 31.7 Å². The molecule has 1 saturated heterocycles. The molecule has 0 aliphatic carbocycles. The van der Waals surface area contributed by atoms with E-state index < -0.39 is 0 Å². The largest absolute Gasteiger partial charge is 0.466 e. The Bertz CT molecular complexity index is 496. The fraction of sp³-hybridized carbons (Fsp3) is 0.556. The molecule has 0 saturated carbocycles. The zero-order chi connectivity index (χ0) is 16.5. The second kappa shape index (κ2) is 9.18. The summed E-state index contributed by atoms with van der Waals surface area (Å²) in [7, 11) is 0. The van der Waals surface area contributed by atoms with Gasteiger partial charge in [0.1, 0.15) is 0 Å². The number of ether oxygens (including phenoxy) is 1. The van der Waals surface area contributed by atoms with Crippen LogP contribution >= 0.6 is 0 Å². The molecule has 2 amide bonds. The Hall–Kier alpha value is -2.04. The number of carbonyl (C=O) groups excluding carboxylic acids is 2. The molecule has 23 heavy (non-hydrogen) atoms. The van der Waals surface area contributed by atoms with Crippen molar-refractivity contribution in [3.05, 3.63) is 35.9 Å². The van der Waals surface area contributed by atoms with E-state index in [0.717, 1.165) is 12.8 Å². The van der Waals surface area contributed by atoms with Crippen LogP contribution < -0.4 is 5.32 Å². The van der Waals surface area contributed by atoms with Crippen molar-refractivity contribution in [2.75, 3.05) is 26.2 Å². The van der Waals surface area contributed by atoms with E-state index in [1.807, 2.05) is 25.1 Å². The molecule has 1 aliphatic rings. The van der Waals surface area contributed by atoms with Crippen molar-refractivity contribution in [2.24, 2.45) is 5.92 Å². The fourth-order valence-electron chi connectivity index (χ4n) is 2.82. The third-order valence-corrected chi connectivity index (χ3v) is 4.16. The first-order valence-electron chi connectivity index (χ1n) is 8.44. The number of piperidine rings is 1. The fourth-order valence-corrected chi connectivity index (χ4v) is 2.82. The van der Waals surface area contributed by atoms with Crippen LogP contribution in [0.5, 0.6) is 0 Å². The highest BCUT2D eigenvalue weighted by Gasteiger charge is 2.27. The first-order valence-corrected chi connectivity index (χ1v) is 8.44. The van der Waals surface area contributed by atoms with E-state index in [2.05, 4.69) is 17.4 Å². The first kappa shape index (κ1) is 17.3. The summed E-state index contributed by atoms with van der Waals surface area (Å²) >= 11 is 0. The maximum atomic E-state index is 12.1. The van der Waals surface area contributed by atoms with Gasteiger partial charge in [-0.2, -0.15) is 0 Å². The van der Waals surface area contributed by atoms with Crippen molar-refractivity contribution < 1.29 is 14.3 Å². The molecule has 0 atom stereocenters. The van der Waals surface area contributed by atoms with Crippen LogP contribution in [0.2, 0.25) is 0 Å². The van der Waals surface area contributed by atoms with Gasteiger partial charge in [-0.1, -0.05) is 30.3 Å². The van der Waals surface area contributed by atoms with Gasteiger partial charge in [0.05, 0.1) is 12.5 Å². The van der Waals surface area contributed by atoms with Crippen LogP contribution in [0.3, 0.4) is 0 Å². The van der Waals surface area contributed by atoms with Crippen LogP contribution in [-0.2, 0) is 16.0 Å². The van der Waals surface area contributed by atoms with E-state index in [-0.39, 0.29) is 17.9 Å². The smallest absolute Gasteiger partial charge is 0.317 e. The summed E-state index contributed by atoms with van der Waals surface area (Å²) in [6, 6.07) is 10.2. The highest BCUT2D eigenvalue weighted by Crippen LogP contribution is 2.18. The quantitative estimate of drug-likeness (QED) is 0.648. The lowest BCUT2D eigenvalue weighted by molar-refractivity contribution is -0.149. The first-order chi connectivity index (χ1) is 11.2.